The van der Waals surface area contributed by atoms with E-state index in [2.05, 4.69) is 52.3 Å². The number of allylic oxidation sites excluding steroid dienone is 6. The topological polar surface area (TPSA) is 105 Å². The summed E-state index contributed by atoms with van der Waals surface area (Å²) in [5.41, 5.74) is 13.3. The number of benzene rings is 1. The number of carbonyl (C=O) groups excluding carboxylic acids is 2. The Morgan fingerprint density at radius 3 is 2.44 bits per heavy atom. The van der Waals surface area contributed by atoms with Gasteiger partial charge >= 0.3 is 11.9 Å². The number of aliphatic hydroxyl groups is 1. The maximum atomic E-state index is 16.9. The minimum Gasteiger partial charge on any atom is -0.509 e. The average molecular weight is 1050 g/mol. The van der Waals surface area contributed by atoms with Gasteiger partial charge in [-0.05, 0) is 210 Å². The van der Waals surface area contributed by atoms with Crippen molar-refractivity contribution in [2.24, 2.45) is 97.9 Å². The van der Waals surface area contributed by atoms with Gasteiger partial charge in [-0.25, -0.2) is 4.79 Å². The number of nitrogens with zero attached hydrogens (tertiary/aromatic N) is 2. The number of carbonyl (C=O) groups is 2. The third kappa shape index (κ3) is 5.57. The molecule has 6 spiro atoms. The number of hydrogen-bond acceptors (Lipinski definition) is 8. The molecule has 1 aromatic carbocycles. The van der Waals surface area contributed by atoms with E-state index in [0.717, 1.165) is 56.4 Å². The van der Waals surface area contributed by atoms with E-state index in [-0.39, 0.29) is 47.6 Å². The molecule has 6 saturated carbocycles. The van der Waals surface area contributed by atoms with Gasteiger partial charge < -0.3 is 25.2 Å². The second kappa shape index (κ2) is 16.6. The highest BCUT2D eigenvalue weighted by Crippen LogP contribution is 2.89. The van der Waals surface area contributed by atoms with E-state index in [9.17, 15) is 5.11 Å². The highest BCUT2D eigenvalue weighted by Gasteiger charge is 2.94. The van der Waals surface area contributed by atoms with Crippen LogP contribution in [-0.2, 0) is 26.3 Å². The molecule has 9 aliphatic heterocycles. The zero-order valence-electron chi connectivity index (χ0n) is 46.9. The van der Waals surface area contributed by atoms with Crippen molar-refractivity contribution >= 4 is 11.9 Å². The molecule has 0 aromatic heterocycles. The maximum Gasteiger partial charge on any atom is 0.339 e. The summed E-state index contributed by atoms with van der Waals surface area (Å²) in [5, 5.41) is 14.2. The number of rotatable bonds is 5. The minimum absolute atomic E-state index is 0.0531. The van der Waals surface area contributed by atoms with Crippen LogP contribution in [0.3, 0.4) is 0 Å². The zero-order chi connectivity index (χ0) is 51.7. The van der Waals surface area contributed by atoms with Crippen molar-refractivity contribution in [1.29, 1.82) is 0 Å². The summed E-state index contributed by atoms with van der Waals surface area (Å²) >= 11 is 0. The summed E-state index contributed by atoms with van der Waals surface area (Å²) in [4.78, 5) is 38.5. The maximum absolute atomic E-state index is 16.9. The molecule has 8 nitrogen and oxygen atoms in total. The lowest BCUT2D eigenvalue weighted by Crippen LogP contribution is -2.78. The molecule has 1 aromatic rings. The Hall–Kier alpha value is -3.62. The fraction of sp³-hybridized carbons (Fsp3) is 0.743. The van der Waals surface area contributed by atoms with Crippen LogP contribution in [0, 0.1) is 92.2 Å². The van der Waals surface area contributed by atoms with Crippen LogP contribution in [0.1, 0.15) is 201 Å². The zero-order valence-corrected chi connectivity index (χ0v) is 46.9. The van der Waals surface area contributed by atoms with E-state index in [1.54, 1.807) is 16.8 Å². The van der Waals surface area contributed by atoms with E-state index < -0.39 is 16.4 Å². The van der Waals surface area contributed by atoms with Crippen LogP contribution in [0.25, 0.3) is 0 Å². The average Bonchev–Trinajstić information content (AvgIpc) is 3.10. The summed E-state index contributed by atoms with van der Waals surface area (Å²) in [6, 6.07) is 7.24. The second-order valence-corrected chi connectivity index (χ2v) is 30.6. The molecule has 12 bridgehead atoms. The molecule has 9 fully saturated rings. The van der Waals surface area contributed by atoms with Crippen molar-refractivity contribution in [1.82, 2.24) is 9.80 Å². The number of hydrogen-bond donors (Lipinski definition) is 2. The molecule has 20 aliphatic rings. The molecule has 17 atom stereocenters. The van der Waals surface area contributed by atoms with Gasteiger partial charge in [0.1, 0.15) is 11.2 Å². The van der Waals surface area contributed by atoms with Crippen LogP contribution in [0.15, 0.2) is 76.4 Å². The molecule has 414 valence electrons. The van der Waals surface area contributed by atoms with Gasteiger partial charge in [0.05, 0.1) is 11.0 Å². The van der Waals surface area contributed by atoms with Crippen LogP contribution < -0.4 is 5.73 Å². The van der Waals surface area contributed by atoms with Gasteiger partial charge in [0.2, 0.25) is 0 Å². The molecule has 8 heteroatoms. The number of piperidine rings is 2. The SMILES string of the molecule is NCCCc1cccc2c1C(=O)O[C@@]21[C@H]2C[C@H](C3CCCCC3)/C=C\[C@H]3C4=C5CC[C@]16/C(=C(\O)C[C@H]([C@H]1CC7(CCCC7)[C@]7(CCCC78CCCC8)C1)N1C[C@H]7C[C@@H](C1)[C@@H]1CCC8=C([C@@H]5[C@@H]5[C@@H](CC=C[C@H]53)C8)N1C7)OC(=O)[C@]426. The monoisotopic (exact) mass is 1050 g/mol. The van der Waals surface area contributed by atoms with E-state index in [1.807, 2.05) is 0 Å². The number of esters is 2. The first-order valence-corrected chi connectivity index (χ1v) is 33.2. The molecule has 21 rings (SSSR count). The van der Waals surface area contributed by atoms with Crippen LogP contribution >= 0.6 is 0 Å². The lowest BCUT2D eigenvalue weighted by atomic mass is 9.27. The van der Waals surface area contributed by atoms with Crippen molar-refractivity contribution in [3.8, 4) is 0 Å². The first-order chi connectivity index (χ1) is 38.2. The highest BCUT2D eigenvalue weighted by molar-refractivity contribution is 6.00. The third-order valence-electron chi connectivity index (χ3n) is 28.6. The fourth-order valence-corrected chi connectivity index (χ4v) is 26.7. The Morgan fingerprint density at radius 2 is 1.59 bits per heavy atom. The van der Waals surface area contributed by atoms with Crippen molar-refractivity contribution in [2.75, 3.05) is 26.2 Å². The summed E-state index contributed by atoms with van der Waals surface area (Å²) in [5.74, 6) is 4.30. The Kier molecular flexibility index (Phi) is 10.2. The van der Waals surface area contributed by atoms with Crippen LogP contribution in [0.2, 0.25) is 0 Å². The number of aliphatic hydroxyl groups excluding tert-OH is 1. The quantitative estimate of drug-likeness (QED) is 0.222. The fourth-order valence-electron chi connectivity index (χ4n) is 26.7. The van der Waals surface area contributed by atoms with Crippen LogP contribution in [0.5, 0.6) is 0 Å². The molecular weight excluding hydrogens is 963 g/mol. The number of fused-ring (bicyclic) bond motifs is 6. The summed E-state index contributed by atoms with van der Waals surface area (Å²) in [6.45, 7) is 3.91. The van der Waals surface area contributed by atoms with Gasteiger partial charge in [-0.2, -0.15) is 0 Å². The molecule has 11 aliphatic carbocycles. The van der Waals surface area contributed by atoms with Crippen LogP contribution in [0.4, 0.5) is 0 Å². The lowest BCUT2D eigenvalue weighted by Gasteiger charge is -2.73. The van der Waals surface area contributed by atoms with Crippen LogP contribution in [-0.4, -0.2) is 65.1 Å². The molecule has 0 amide bonds. The molecular formula is C70H89N3O5. The number of aryl methyl sites for hydroxylation is 1. The Balaban J connectivity index is 0.899. The van der Waals surface area contributed by atoms with Crippen molar-refractivity contribution in [2.45, 2.75) is 204 Å². The Labute approximate surface area is 464 Å². The van der Waals surface area contributed by atoms with Crippen molar-refractivity contribution in [3.05, 3.63) is 93.1 Å². The Morgan fingerprint density at radius 1 is 0.756 bits per heavy atom. The largest absolute Gasteiger partial charge is 0.509 e. The van der Waals surface area contributed by atoms with Gasteiger partial charge in [0.25, 0.3) is 0 Å². The summed E-state index contributed by atoms with van der Waals surface area (Å²) in [6.07, 6.45) is 45.2. The predicted octanol–water partition coefficient (Wildman–Crippen LogP) is 13.7. The van der Waals surface area contributed by atoms with E-state index in [4.69, 9.17) is 15.2 Å². The van der Waals surface area contributed by atoms with Crippen molar-refractivity contribution in [3.63, 3.8) is 0 Å². The summed E-state index contributed by atoms with van der Waals surface area (Å²) < 4.78 is 15.0. The predicted molar refractivity (Wildman–Crippen MR) is 300 cm³/mol. The van der Waals surface area contributed by atoms with Gasteiger partial charge in [0.15, 0.2) is 11.4 Å². The van der Waals surface area contributed by atoms with Gasteiger partial charge in [-0.15, -0.1) is 0 Å². The molecule has 3 saturated heterocycles. The third-order valence-corrected chi connectivity index (χ3v) is 28.6. The molecule has 78 heavy (non-hydrogen) atoms. The smallest absolute Gasteiger partial charge is 0.339 e. The highest BCUT2D eigenvalue weighted by atomic mass is 16.6. The number of nitrogens with two attached hydrogens (primary N) is 1. The van der Waals surface area contributed by atoms with Crippen molar-refractivity contribution < 1.29 is 24.2 Å². The second-order valence-electron chi connectivity index (χ2n) is 30.6. The Bertz CT molecular complexity index is 2940. The van der Waals surface area contributed by atoms with Gasteiger partial charge in [0, 0.05) is 67.2 Å². The molecule has 0 radical (unpaired) electrons. The first kappa shape index (κ1) is 48.0. The van der Waals surface area contributed by atoms with E-state index in [1.165, 1.54) is 147 Å². The first-order valence-electron chi connectivity index (χ1n) is 33.2. The van der Waals surface area contributed by atoms with Gasteiger partial charge in [-0.3, -0.25) is 9.69 Å². The summed E-state index contributed by atoms with van der Waals surface area (Å²) in [7, 11) is 0. The normalized spacial score (nSPS) is 48.5. The molecule has 9 heterocycles. The standard InChI is InChI=1S/C70H89N3O5/c71-31-10-16-43-14-9-18-52-58(43)63(75)78-70(52)56-34-44(42-12-2-1-3-13-42)19-21-50-49-17-8-15-45-33-46-20-22-53-47-32-41-38-72(40-47)54(48-36-66(26-6-7-27-66)67(37-48)29-11-28-65(67)24-4-5-25-65)35-55(74)62-68(70)30-23-51(60(50)69(56,68)64(76)77-62)59(57(45)49)61(46)73(53)39-41/h8-9,14,17-19,21,41-42,44-45,47-50,53-54,56-57,59,74H,1-7,10-13,15-16,20,22-40,71H2/b21-19-,62-55+/t41-,44-,45+,47+,48+,49+,50-,53+,54-,56+,57-,59+,67-,68-,69-,70-/m1/s1. The van der Waals surface area contributed by atoms with E-state index >= 15 is 9.59 Å². The van der Waals surface area contributed by atoms with Gasteiger partial charge in [-0.1, -0.05) is 105 Å². The number of ether oxygens (including phenoxy) is 2. The molecule has 3 N–H and O–H groups in total. The minimum atomic E-state index is -1.15. The molecule has 1 unspecified atom stereocenters. The lowest BCUT2D eigenvalue weighted by molar-refractivity contribution is -0.283. The van der Waals surface area contributed by atoms with E-state index in [0.29, 0.717) is 101 Å².